The molecule has 0 aromatic carbocycles. The van der Waals surface area contributed by atoms with E-state index in [2.05, 4.69) is 34.6 Å². The molecule has 2 saturated heterocycles. The summed E-state index contributed by atoms with van der Waals surface area (Å²) in [5, 5.41) is 96.6. The minimum Gasteiger partial charge on any atom is -0.394 e. The number of aliphatic hydroxyl groups excluding tert-OH is 8. The van der Waals surface area contributed by atoms with E-state index in [1.54, 1.807) is 0 Å². The first-order valence-electron chi connectivity index (χ1n) is 20.4. The molecule has 19 unspecified atom stereocenters. The Hall–Kier alpha value is -0.780. The molecule has 4 saturated carbocycles. The third kappa shape index (κ3) is 6.86. The summed E-state index contributed by atoms with van der Waals surface area (Å²) < 4.78 is 24.2. The number of aliphatic hydroxyl groups is 9. The SMILES string of the molecule is CC(=CCCC(C)(O)C1CCC2(C)C1CCC1C3(C)CCC(OC4OC(CO)C(O)C(O)C4OC4OCC(O)C(O)C4O)C(C)(C)C3CC(O)C12C)CO. The molecule has 54 heavy (non-hydrogen) atoms. The fourth-order valence-electron chi connectivity index (χ4n) is 13.0. The standard InChI is InChI=1S/C41H70O13/c1-21(18-42)9-8-14-40(6,50)23-12-16-39(5)22(23)10-11-26-38(4)15-13-29(37(2,3)27(38)17-28(45)41(26,39)7)53-36-34(32(48)31(47)25(19-43)52-36)54-35-33(49)30(46)24(44)20-51-35/h9,22-36,42-50H,8,10-20H2,1-7H3. The van der Waals surface area contributed by atoms with E-state index in [9.17, 15) is 46.0 Å². The maximum atomic E-state index is 12.5. The van der Waals surface area contributed by atoms with Gasteiger partial charge in [-0.3, -0.25) is 0 Å². The van der Waals surface area contributed by atoms with Gasteiger partial charge in [-0.05, 0) is 112 Å². The van der Waals surface area contributed by atoms with Crippen LogP contribution in [0, 0.1) is 45.3 Å². The molecule has 13 nitrogen and oxygen atoms in total. The molecule has 312 valence electrons. The van der Waals surface area contributed by atoms with E-state index in [4.69, 9.17) is 18.9 Å². The number of allylic oxidation sites excluding steroid dienone is 1. The molecule has 19 atom stereocenters. The van der Waals surface area contributed by atoms with Crippen LogP contribution in [0.3, 0.4) is 0 Å². The lowest BCUT2D eigenvalue weighted by Gasteiger charge is -2.71. The Morgan fingerprint density at radius 3 is 2.20 bits per heavy atom. The second-order valence-corrected chi connectivity index (χ2v) is 19.5. The van der Waals surface area contributed by atoms with E-state index in [1.165, 1.54) is 0 Å². The largest absolute Gasteiger partial charge is 0.394 e. The molecule has 0 bridgehead atoms. The average molecular weight is 771 g/mol. The fourth-order valence-corrected chi connectivity index (χ4v) is 13.0. The van der Waals surface area contributed by atoms with Crippen molar-refractivity contribution in [1.29, 1.82) is 0 Å². The first-order valence-corrected chi connectivity index (χ1v) is 20.4. The average Bonchev–Trinajstić information content (AvgIpc) is 3.49. The predicted octanol–water partition coefficient (Wildman–Crippen LogP) is 1.76. The maximum Gasteiger partial charge on any atom is 0.187 e. The van der Waals surface area contributed by atoms with Crippen molar-refractivity contribution >= 4 is 0 Å². The zero-order valence-corrected chi connectivity index (χ0v) is 33.4. The Morgan fingerprint density at radius 2 is 1.54 bits per heavy atom. The Bertz CT molecular complexity index is 1340. The summed E-state index contributed by atoms with van der Waals surface area (Å²) in [5.74, 6) is 0.670. The summed E-state index contributed by atoms with van der Waals surface area (Å²) in [7, 11) is 0. The van der Waals surface area contributed by atoms with Crippen LogP contribution >= 0.6 is 0 Å². The fraction of sp³-hybridized carbons (Fsp3) is 0.951. The molecule has 0 aromatic heterocycles. The summed E-state index contributed by atoms with van der Waals surface area (Å²) in [6, 6.07) is 0. The van der Waals surface area contributed by atoms with E-state index in [0.29, 0.717) is 25.7 Å². The zero-order valence-electron chi connectivity index (χ0n) is 33.4. The molecule has 9 N–H and O–H groups in total. The van der Waals surface area contributed by atoms with Gasteiger partial charge >= 0.3 is 0 Å². The molecule has 0 spiro atoms. The van der Waals surface area contributed by atoms with E-state index in [0.717, 1.165) is 37.7 Å². The lowest BCUT2D eigenvalue weighted by Crippen LogP contribution is -2.69. The van der Waals surface area contributed by atoms with Crippen LogP contribution in [0.15, 0.2) is 11.6 Å². The van der Waals surface area contributed by atoms with Gasteiger partial charge in [-0.1, -0.05) is 46.3 Å². The quantitative estimate of drug-likeness (QED) is 0.114. The maximum absolute atomic E-state index is 12.5. The number of ether oxygens (including phenoxy) is 4. The van der Waals surface area contributed by atoms with Crippen LogP contribution in [0.5, 0.6) is 0 Å². The zero-order chi connectivity index (χ0) is 39.8. The smallest absolute Gasteiger partial charge is 0.187 e. The molecule has 6 aliphatic rings. The van der Waals surface area contributed by atoms with Gasteiger partial charge in [0.05, 0.1) is 37.6 Å². The van der Waals surface area contributed by atoms with E-state index < -0.39 is 85.1 Å². The van der Waals surface area contributed by atoms with Gasteiger partial charge in [0, 0.05) is 5.41 Å². The van der Waals surface area contributed by atoms with Crippen LogP contribution in [0.4, 0.5) is 0 Å². The molecule has 6 rings (SSSR count). The molecule has 2 heterocycles. The number of rotatable bonds is 10. The Labute approximate surface area is 320 Å². The molecular formula is C41H70O13. The highest BCUT2D eigenvalue weighted by Gasteiger charge is 2.72. The van der Waals surface area contributed by atoms with Gasteiger partial charge in [-0.25, -0.2) is 0 Å². The van der Waals surface area contributed by atoms with Crippen molar-refractivity contribution < 1.29 is 64.9 Å². The van der Waals surface area contributed by atoms with Gasteiger partial charge in [0.15, 0.2) is 12.6 Å². The molecule has 0 radical (unpaired) electrons. The molecule has 6 fully saturated rings. The second kappa shape index (κ2) is 15.4. The molecule has 0 aromatic rings. The third-order valence-corrected chi connectivity index (χ3v) is 16.5. The highest BCUT2D eigenvalue weighted by Crippen LogP contribution is 2.76. The van der Waals surface area contributed by atoms with Gasteiger partial charge in [-0.15, -0.1) is 0 Å². The molecule has 0 amide bonds. The van der Waals surface area contributed by atoms with Crippen LogP contribution in [0.25, 0.3) is 0 Å². The van der Waals surface area contributed by atoms with Crippen molar-refractivity contribution in [1.82, 2.24) is 0 Å². The van der Waals surface area contributed by atoms with Crippen molar-refractivity contribution in [2.75, 3.05) is 19.8 Å². The minimum atomic E-state index is -1.64. The van der Waals surface area contributed by atoms with Crippen LogP contribution in [-0.2, 0) is 18.9 Å². The van der Waals surface area contributed by atoms with Gasteiger partial charge in [-0.2, -0.15) is 0 Å². The van der Waals surface area contributed by atoms with Crippen LogP contribution in [0.2, 0.25) is 0 Å². The first kappa shape index (κ1) is 42.8. The summed E-state index contributed by atoms with van der Waals surface area (Å²) in [6.07, 6.45) is -4.77. The van der Waals surface area contributed by atoms with Crippen molar-refractivity contribution in [3.8, 4) is 0 Å². The van der Waals surface area contributed by atoms with Crippen LogP contribution < -0.4 is 0 Å². The van der Waals surface area contributed by atoms with Crippen molar-refractivity contribution in [2.24, 2.45) is 45.3 Å². The molecule has 4 aliphatic carbocycles. The first-order chi connectivity index (χ1) is 25.2. The molecule has 2 aliphatic heterocycles. The Kier molecular flexibility index (Phi) is 12.2. The molecular weight excluding hydrogens is 700 g/mol. The van der Waals surface area contributed by atoms with Gasteiger partial charge < -0.3 is 64.9 Å². The highest BCUT2D eigenvalue weighted by atomic mass is 16.8. The molecule has 13 heteroatoms. The summed E-state index contributed by atoms with van der Waals surface area (Å²) >= 11 is 0. The van der Waals surface area contributed by atoms with E-state index in [1.807, 2.05) is 19.9 Å². The summed E-state index contributed by atoms with van der Waals surface area (Å²) in [6.45, 7) is 14.4. The predicted molar refractivity (Wildman–Crippen MR) is 196 cm³/mol. The van der Waals surface area contributed by atoms with E-state index >= 15 is 0 Å². The monoisotopic (exact) mass is 770 g/mol. The van der Waals surface area contributed by atoms with E-state index in [-0.39, 0.29) is 53.1 Å². The van der Waals surface area contributed by atoms with Crippen molar-refractivity contribution in [3.05, 3.63) is 11.6 Å². The minimum absolute atomic E-state index is 0.0210. The topological polar surface area (TPSA) is 219 Å². The number of hydrogen-bond acceptors (Lipinski definition) is 13. The summed E-state index contributed by atoms with van der Waals surface area (Å²) in [4.78, 5) is 0. The lowest BCUT2D eigenvalue weighted by molar-refractivity contribution is -0.371. The summed E-state index contributed by atoms with van der Waals surface area (Å²) in [5.41, 5.74) is -1.12. The van der Waals surface area contributed by atoms with Crippen molar-refractivity contribution in [3.63, 3.8) is 0 Å². The van der Waals surface area contributed by atoms with Gasteiger partial charge in [0.25, 0.3) is 0 Å². The second-order valence-electron chi connectivity index (χ2n) is 19.5. The highest BCUT2D eigenvalue weighted by molar-refractivity contribution is 5.21. The van der Waals surface area contributed by atoms with Crippen molar-refractivity contribution in [2.45, 2.75) is 179 Å². The lowest BCUT2D eigenvalue weighted by atomic mass is 9.34. The van der Waals surface area contributed by atoms with Crippen LogP contribution in [0.1, 0.15) is 106 Å². The number of hydrogen-bond donors (Lipinski definition) is 9. The number of fused-ring (bicyclic) bond motifs is 5. The third-order valence-electron chi connectivity index (χ3n) is 16.5. The van der Waals surface area contributed by atoms with Gasteiger partial charge in [0.2, 0.25) is 0 Å². The Balaban J connectivity index is 1.22. The van der Waals surface area contributed by atoms with Crippen LogP contribution in [-0.4, -0.2) is 139 Å². The van der Waals surface area contributed by atoms with Gasteiger partial charge in [0.1, 0.15) is 42.7 Å². The Morgan fingerprint density at radius 1 is 0.833 bits per heavy atom. The normalized spacial score (nSPS) is 51.9.